The van der Waals surface area contributed by atoms with E-state index in [1.165, 1.54) is 12.3 Å². The molecule has 0 spiro atoms. The fourth-order valence-corrected chi connectivity index (χ4v) is 6.68. The molecule has 0 unspecified atom stereocenters. The first kappa shape index (κ1) is 29.8. The zero-order valence-corrected chi connectivity index (χ0v) is 26.4. The lowest BCUT2D eigenvalue weighted by atomic mass is 10.0. The number of esters is 1. The molecule has 11 heteroatoms. The fraction of sp³-hybridized carbons (Fsp3) is 0.371. The molecular formula is C35H39N7O4. The number of hydrogen-bond acceptors (Lipinski definition) is 9. The first-order valence-corrected chi connectivity index (χ1v) is 15.9. The molecule has 2 saturated heterocycles. The highest BCUT2D eigenvalue weighted by molar-refractivity contribution is 6.04. The molecule has 1 saturated carbocycles. The van der Waals surface area contributed by atoms with Crippen LogP contribution < -0.4 is 25.6 Å². The van der Waals surface area contributed by atoms with Crippen LogP contribution in [-0.4, -0.2) is 65.8 Å². The van der Waals surface area contributed by atoms with Crippen molar-refractivity contribution in [3.63, 3.8) is 0 Å². The second-order valence-electron chi connectivity index (χ2n) is 12.6. The van der Waals surface area contributed by atoms with Crippen molar-refractivity contribution in [2.24, 2.45) is 11.8 Å². The second kappa shape index (κ2) is 12.1. The third-order valence-corrected chi connectivity index (χ3v) is 9.03. The molecule has 2 aromatic heterocycles. The monoisotopic (exact) mass is 621 g/mol. The SMILES string of the molecule is C=CC(=O)Nc1cc(Nc2ncc(C(=O)OC(C)C)c(-c3cn(C4CC4)c4ccccc34)n2)c(OC)cc1N1C[C@H]2CNC[C@H]2C1. The van der Waals surface area contributed by atoms with Crippen molar-refractivity contribution in [2.75, 3.05) is 48.8 Å². The van der Waals surface area contributed by atoms with Crippen molar-refractivity contribution >= 4 is 45.8 Å². The summed E-state index contributed by atoms with van der Waals surface area (Å²) in [6.45, 7) is 11.0. The van der Waals surface area contributed by atoms with Gasteiger partial charge in [0.1, 0.15) is 11.3 Å². The lowest BCUT2D eigenvalue weighted by molar-refractivity contribution is -0.111. The lowest BCUT2D eigenvalue weighted by Gasteiger charge is -2.25. The largest absolute Gasteiger partial charge is 0.494 e. The normalized spacial score (nSPS) is 18.9. The Bertz CT molecular complexity index is 1820. The van der Waals surface area contributed by atoms with Crippen molar-refractivity contribution in [1.82, 2.24) is 19.9 Å². The van der Waals surface area contributed by atoms with E-state index in [2.05, 4.69) is 55.3 Å². The molecule has 0 bridgehead atoms. The van der Waals surface area contributed by atoms with Gasteiger partial charge in [0.15, 0.2) is 0 Å². The molecule has 2 aromatic carbocycles. The maximum Gasteiger partial charge on any atom is 0.342 e. The predicted octanol–water partition coefficient (Wildman–Crippen LogP) is 5.53. The molecule has 2 atom stereocenters. The Hall–Kier alpha value is -4.90. The highest BCUT2D eigenvalue weighted by atomic mass is 16.5. The number of fused-ring (bicyclic) bond motifs is 2. The van der Waals surface area contributed by atoms with Crippen LogP contribution in [0, 0.1) is 11.8 Å². The Kier molecular flexibility index (Phi) is 7.85. The predicted molar refractivity (Wildman–Crippen MR) is 179 cm³/mol. The summed E-state index contributed by atoms with van der Waals surface area (Å²) in [5, 5.41) is 10.8. The molecule has 238 valence electrons. The van der Waals surface area contributed by atoms with Gasteiger partial charge >= 0.3 is 5.97 Å². The Morgan fingerprint density at radius 1 is 1.11 bits per heavy atom. The van der Waals surface area contributed by atoms with Gasteiger partial charge in [0.2, 0.25) is 11.9 Å². The van der Waals surface area contributed by atoms with Gasteiger partial charge in [-0.2, -0.15) is 0 Å². The van der Waals surface area contributed by atoms with Gasteiger partial charge < -0.3 is 34.9 Å². The molecule has 0 radical (unpaired) electrons. The van der Waals surface area contributed by atoms with E-state index < -0.39 is 5.97 Å². The van der Waals surface area contributed by atoms with Crippen LogP contribution in [0.15, 0.2) is 61.4 Å². The van der Waals surface area contributed by atoms with Crippen LogP contribution in [0.4, 0.5) is 23.0 Å². The smallest absolute Gasteiger partial charge is 0.342 e. The Balaban J connectivity index is 1.30. The minimum Gasteiger partial charge on any atom is -0.494 e. The molecule has 2 aliphatic heterocycles. The fourth-order valence-electron chi connectivity index (χ4n) is 6.68. The molecule has 3 N–H and O–H groups in total. The van der Waals surface area contributed by atoms with Crippen LogP contribution in [0.1, 0.15) is 43.1 Å². The molecule has 4 aromatic rings. The number of rotatable bonds is 10. The molecule has 4 heterocycles. The van der Waals surface area contributed by atoms with Gasteiger partial charge in [0, 0.05) is 67.1 Å². The maximum absolute atomic E-state index is 13.3. The van der Waals surface area contributed by atoms with Gasteiger partial charge in [-0.15, -0.1) is 0 Å². The van der Waals surface area contributed by atoms with Crippen molar-refractivity contribution < 1.29 is 19.1 Å². The van der Waals surface area contributed by atoms with E-state index in [-0.39, 0.29) is 23.5 Å². The van der Waals surface area contributed by atoms with Crippen molar-refractivity contribution in [1.29, 1.82) is 0 Å². The zero-order valence-electron chi connectivity index (χ0n) is 26.4. The van der Waals surface area contributed by atoms with Gasteiger partial charge in [-0.1, -0.05) is 24.8 Å². The number of ether oxygens (including phenoxy) is 2. The summed E-state index contributed by atoms with van der Waals surface area (Å²) in [5.74, 6) is 1.17. The average molecular weight is 622 g/mol. The first-order chi connectivity index (χ1) is 22.3. The minimum atomic E-state index is -0.484. The van der Waals surface area contributed by atoms with Gasteiger partial charge in [-0.25, -0.2) is 14.8 Å². The number of carbonyl (C=O) groups excluding carboxylic acids is 2. The van der Waals surface area contributed by atoms with Crippen molar-refractivity contribution in [2.45, 2.75) is 38.8 Å². The van der Waals surface area contributed by atoms with E-state index in [0.717, 1.165) is 61.2 Å². The van der Waals surface area contributed by atoms with Gasteiger partial charge in [0.25, 0.3) is 0 Å². The number of nitrogens with zero attached hydrogens (tertiary/aromatic N) is 4. The van der Waals surface area contributed by atoms with Crippen LogP contribution >= 0.6 is 0 Å². The molecule has 3 aliphatic rings. The van der Waals surface area contributed by atoms with Crippen molar-refractivity contribution in [3.05, 3.63) is 67.0 Å². The topological polar surface area (TPSA) is 123 Å². The summed E-state index contributed by atoms with van der Waals surface area (Å²) < 4.78 is 13.7. The molecule has 46 heavy (non-hydrogen) atoms. The van der Waals surface area contributed by atoms with Crippen LogP contribution in [-0.2, 0) is 9.53 Å². The molecule has 1 amide bonds. The number of benzene rings is 2. The second-order valence-corrected chi connectivity index (χ2v) is 12.6. The number of methoxy groups -OCH3 is 1. The summed E-state index contributed by atoms with van der Waals surface area (Å²) in [4.78, 5) is 37.6. The number of aromatic nitrogens is 3. The Morgan fingerprint density at radius 3 is 2.57 bits per heavy atom. The molecule has 3 fully saturated rings. The number of para-hydroxylation sites is 1. The highest BCUT2D eigenvalue weighted by Gasteiger charge is 2.37. The first-order valence-electron chi connectivity index (χ1n) is 15.9. The average Bonchev–Trinajstić information content (AvgIpc) is 3.48. The molecular weight excluding hydrogens is 582 g/mol. The minimum absolute atomic E-state index is 0.271. The third-order valence-electron chi connectivity index (χ3n) is 9.03. The third kappa shape index (κ3) is 5.66. The highest BCUT2D eigenvalue weighted by Crippen LogP contribution is 2.43. The molecule has 7 rings (SSSR count). The molecule has 11 nitrogen and oxygen atoms in total. The van der Waals surface area contributed by atoms with Crippen LogP contribution in [0.3, 0.4) is 0 Å². The Labute approximate surface area is 268 Å². The van der Waals surface area contributed by atoms with Gasteiger partial charge in [0.05, 0.1) is 36.0 Å². The van der Waals surface area contributed by atoms with Gasteiger partial charge in [-0.05, 0) is 56.7 Å². The quantitative estimate of drug-likeness (QED) is 0.155. The lowest BCUT2D eigenvalue weighted by Crippen LogP contribution is -2.26. The van der Waals surface area contributed by atoms with E-state index in [1.807, 2.05) is 38.1 Å². The van der Waals surface area contributed by atoms with Gasteiger partial charge in [-0.3, -0.25) is 4.79 Å². The number of amides is 1. The van der Waals surface area contributed by atoms with E-state index in [0.29, 0.717) is 40.7 Å². The summed E-state index contributed by atoms with van der Waals surface area (Å²) in [6.07, 6.45) is 6.78. The van der Waals surface area contributed by atoms with Crippen LogP contribution in [0.5, 0.6) is 5.75 Å². The van der Waals surface area contributed by atoms with E-state index in [1.54, 1.807) is 7.11 Å². The standard InChI is InChI=1S/C35H39N7O4/c1-5-32(43)38-27-12-28(31(45-4)13-30(27)41-17-21-14-36-15-22(21)18-41)39-35-37-16-25(34(44)46-20(2)3)33(40-35)26-19-42(23-10-11-23)29-9-7-6-8-24(26)29/h5-9,12-13,16,19-23,36H,1,10-11,14-15,17-18H2,2-4H3,(H,38,43)(H,37,39,40)/t21-,22+. The molecule has 1 aliphatic carbocycles. The van der Waals surface area contributed by atoms with Crippen LogP contribution in [0.2, 0.25) is 0 Å². The van der Waals surface area contributed by atoms with E-state index >= 15 is 0 Å². The summed E-state index contributed by atoms with van der Waals surface area (Å²) in [6, 6.07) is 12.4. The number of hydrogen-bond donors (Lipinski definition) is 3. The maximum atomic E-state index is 13.3. The summed E-state index contributed by atoms with van der Waals surface area (Å²) in [5.41, 5.74) is 4.77. The number of nitrogens with one attached hydrogen (secondary N) is 3. The summed E-state index contributed by atoms with van der Waals surface area (Å²) >= 11 is 0. The van der Waals surface area contributed by atoms with Crippen molar-refractivity contribution in [3.8, 4) is 17.0 Å². The summed E-state index contributed by atoms with van der Waals surface area (Å²) in [7, 11) is 1.61. The zero-order chi connectivity index (χ0) is 31.9. The Morgan fingerprint density at radius 2 is 1.87 bits per heavy atom. The van der Waals surface area contributed by atoms with E-state index in [4.69, 9.17) is 14.5 Å². The van der Waals surface area contributed by atoms with Crippen LogP contribution in [0.25, 0.3) is 22.2 Å². The number of anilines is 4. The number of carbonyl (C=O) groups is 2. The van der Waals surface area contributed by atoms with E-state index in [9.17, 15) is 9.59 Å².